The van der Waals surface area contributed by atoms with E-state index >= 15 is 0 Å². The number of amides is 2. The van der Waals surface area contributed by atoms with Crippen molar-refractivity contribution < 1.29 is 14.3 Å². The third kappa shape index (κ3) is 3.09. The Morgan fingerprint density at radius 1 is 1.00 bits per heavy atom. The molecule has 2 heterocycles. The number of carbonyl (C=O) groups is 1. The normalized spacial score (nSPS) is 14.9. The Hall–Kier alpha value is -2.69. The van der Waals surface area contributed by atoms with Crippen LogP contribution < -0.4 is 20.1 Å². The maximum atomic E-state index is 12.5. The summed E-state index contributed by atoms with van der Waals surface area (Å²) in [6, 6.07) is 9.72. The molecule has 2 aromatic carbocycles. The molecule has 0 aliphatic carbocycles. The van der Waals surface area contributed by atoms with Crippen molar-refractivity contribution in [1.82, 2.24) is 0 Å². The molecule has 0 unspecified atom stereocenters. The van der Waals surface area contributed by atoms with Crippen LogP contribution in [0.1, 0.15) is 37.5 Å². The van der Waals surface area contributed by atoms with Crippen molar-refractivity contribution in [3.63, 3.8) is 0 Å². The summed E-state index contributed by atoms with van der Waals surface area (Å²) < 4.78 is 11.4. The number of nitrogens with one attached hydrogen (secondary N) is 2. The Labute approximate surface area is 153 Å². The van der Waals surface area contributed by atoms with E-state index in [1.807, 2.05) is 30.3 Å². The van der Waals surface area contributed by atoms with Crippen LogP contribution in [0, 0.1) is 0 Å². The third-order valence-electron chi connectivity index (χ3n) is 4.90. The number of benzene rings is 2. The average Bonchev–Trinajstić information content (AvgIpc) is 3.23. The molecule has 0 saturated heterocycles. The van der Waals surface area contributed by atoms with Crippen molar-refractivity contribution in [1.29, 1.82) is 0 Å². The van der Waals surface area contributed by atoms with Gasteiger partial charge in [0.15, 0.2) is 0 Å². The van der Waals surface area contributed by atoms with Gasteiger partial charge in [-0.25, -0.2) is 4.79 Å². The second-order valence-electron chi connectivity index (χ2n) is 7.82. The Balaban J connectivity index is 1.53. The first-order valence-electron chi connectivity index (χ1n) is 9.05. The van der Waals surface area contributed by atoms with E-state index < -0.39 is 0 Å². The molecule has 5 nitrogen and oxygen atoms in total. The van der Waals surface area contributed by atoms with E-state index in [-0.39, 0.29) is 11.4 Å². The molecule has 0 bridgehead atoms. The van der Waals surface area contributed by atoms with Gasteiger partial charge in [0, 0.05) is 29.7 Å². The van der Waals surface area contributed by atoms with Crippen molar-refractivity contribution in [2.24, 2.45) is 0 Å². The molecule has 0 aromatic heterocycles. The number of carbonyl (C=O) groups excluding carboxylic acids is 1. The first-order chi connectivity index (χ1) is 12.4. The molecule has 136 valence electrons. The van der Waals surface area contributed by atoms with Crippen molar-refractivity contribution in [2.45, 2.75) is 39.0 Å². The Morgan fingerprint density at radius 2 is 1.73 bits per heavy atom. The monoisotopic (exact) mass is 352 g/mol. The fraction of sp³-hybridized carbons (Fsp3) is 0.381. The average molecular weight is 352 g/mol. The van der Waals surface area contributed by atoms with Crippen LogP contribution in [0.2, 0.25) is 0 Å². The molecule has 2 aromatic rings. The summed E-state index contributed by atoms with van der Waals surface area (Å²) >= 11 is 0. The minimum atomic E-state index is -0.272. The first-order valence-corrected chi connectivity index (χ1v) is 9.05. The zero-order valence-electron chi connectivity index (χ0n) is 15.4. The number of anilines is 2. The zero-order chi connectivity index (χ0) is 18.3. The molecule has 0 spiro atoms. The highest BCUT2D eigenvalue weighted by Crippen LogP contribution is 2.44. The summed E-state index contributed by atoms with van der Waals surface area (Å²) in [5.41, 5.74) is 4.93. The van der Waals surface area contributed by atoms with E-state index in [1.54, 1.807) is 0 Å². The van der Waals surface area contributed by atoms with Gasteiger partial charge in [0.25, 0.3) is 0 Å². The number of hydrogen-bond donors (Lipinski definition) is 2. The summed E-state index contributed by atoms with van der Waals surface area (Å²) in [6.07, 6.45) is 1.62. The Kier molecular flexibility index (Phi) is 4.02. The lowest BCUT2D eigenvalue weighted by Gasteiger charge is -2.19. The maximum absolute atomic E-state index is 12.5. The second-order valence-corrected chi connectivity index (χ2v) is 7.82. The molecule has 0 saturated carbocycles. The highest BCUT2D eigenvalue weighted by molar-refractivity contribution is 6.02. The molecule has 0 fully saturated rings. The van der Waals surface area contributed by atoms with Crippen LogP contribution in [0.5, 0.6) is 11.5 Å². The van der Waals surface area contributed by atoms with E-state index in [9.17, 15) is 4.79 Å². The van der Waals surface area contributed by atoms with Crippen LogP contribution in [0.3, 0.4) is 0 Å². The van der Waals surface area contributed by atoms with Gasteiger partial charge in [-0.1, -0.05) is 32.9 Å². The van der Waals surface area contributed by atoms with Crippen LogP contribution in [-0.4, -0.2) is 19.2 Å². The minimum absolute atomic E-state index is 0.0866. The van der Waals surface area contributed by atoms with Crippen molar-refractivity contribution in [3.05, 3.63) is 47.0 Å². The maximum Gasteiger partial charge on any atom is 0.323 e. The fourth-order valence-electron chi connectivity index (χ4n) is 3.45. The van der Waals surface area contributed by atoms with Gasteiger partial charge in [-0.05, 0) is 29.2 Å². The van der Waals surface area contributed by atoms with Gasteiger partial charge < -0.3 is 20.1 Å². The molecule has 0 atom stereocenters. The van der Waals surface area contributed by atoms with Crippen LogP contribution in [0.15, 0.2) is 30.3 Å². The van der Waals surface area contributed by atoms with E-state index in [1.165, 1.54) is 5.56 Å². The molecule has 26 heavy (non-hydrogen) atoms. The topological polar surface area (TPSA) is 59.6 Å². The molecule has 4 rings (SSSR count). The zero-order valence-corrected chi connectivity index (χ0v) is 15.4. The van der Waals surface area contributed by atoms with Crippen LogP contribution in [-0.2, 0) is 18.3 Å². The number of rotatable bonds is 2. The summed E-state index contributed by atoms with van der Waals surface area (Å²) in [5.74, 6) is 1.64. The minimum Gasteiger partial charge on any atom is -0.493 e. The smallest absolute Gasteiger partial charge is 0.323 e. The largest absolute Gasteiger partial charge is 0.493 e. The fourth-order valence-corrected chi connectivity index (χ4v) is 3.45. The molecular weight excluding hydrogens is 328 g/mol. The molecule has 0 radical (unpaired) electrons. The first kappa shape index (κ1) is 16.8. The standard InChI is InChI=1S/C21H24N2O3/c1-21(2,3)14-4-6-15(7-5-14)22-20(24)23-18-16-9-11-25-17(16)12-13-8-10-26-19(13)18/h4-7,12H,8-11H2,1-3H3,(H2,22,23,24). The summed E-state index contributed by atoms with van der Waals surface area (Å²) in [5, 5.41) is 5.89. The lowest BCUT2D eigenvalue weighted by atomic mass is 9.87. The van der Waals surface area contributed by atoms with E-state index in [4.69, 9.17) is 9.47 Å². The van der Waals surface area contributed by atoms with E-state index in [0.29, 0.717) is 13.2 Å². The molecule has 2 N–H and O–H groups in total. The van der Waals surface area contributed by atoms with Gasteiger partial charge in [-0.15, -0.1) is 0 Å². The quantitative estimate of drug-likeness (QED) is 0.837. The van der Waals surface area contributed by atoms with Crippen LogP contribution in [0.4, 0.5) is 16.2 Å². The van der Waals surface area contributed by atoms with E-state index in [2.05, 4.69) is 31.4 Å². The highest BCUT2D eigenvalue weighted by atomic mass is 16.5. The molecule has 2 aliphatic heterocycles. The van der Waals surface area contributed by atoms with Crippen molar-refractivity contribution >= 4 is 17.4 Å². The SMILES string of the molecule is CC(C)(C)c1ccc(NC(=O)Nc2c3c(cc4c2OCC4)OCC3)cc1. The number of ether oxygens (including phenoxy) is 2. The molecule has 2 amide bonds. The van der Waals surface area contributed by atoms with Gasteiger partial charge in [-0.3, -0.25) is 0 Å². The van der Waals surface area contributed by atoms with Crippen molar-refractivity contribution in [3.8, 4) is 11.5 Å². The highest BCUT2D eigenvalue weighted by Gasteiger charge is 2.27. The van der Waals surface area contributed by atoms with Crippen LogP contribution in [0.25, 0.3) is 0 Å². The molecular formula is C21H24N2O3. The number of hydrogen-bond acceptors (Lipinski definition) is 3. The predicted octanol–water partition coefficient (Wildman–Crippen LogP) is 4.50. The Bertz CT molecular complexity index is 819. The third-order valence-corrected chi connectivity index (χ3v) is 4.90. The second kappa shape index (κ2) is 6.24. The predicted molar refractivity (Wildman–Crippen MR) is 103 cm³/mol. The lowest BCUT2D eigenvalue weighted by molar-refractivity contribution is 0.262. The molecule has 2 aliphatic rings. The van der Waals surface area contributed by atoms with Gasteiger partial charge in [-0.2, -0.15) is 0 Å². The number of urea groups is 1. The van der Waals surface area contributed by atoms with Crippen LogP contribution >= 0.6 is 0 Å². The summed E-state index contributed by atoms with van der Waals surface area (Å²) in [4.78, 5) is 12.5. The lowest BCUT2D eigenvalue weighted by Crippen LogP contribution is -2.21. The summed E-state index contributed by atoms with van der Waals surface area (Å²) in [7, 11) is 0. The summed E-state index contributed by atoms with van der Waals surface area (Å²) in [6.45, 7) is 7.79. The van der Waals surface area contributed by atoms with Crippen molar-refractivity contribution in [2.75, 3.05) is 23.8 Å². The Morgan fingerprint density at radius 3 is 2.46 bits per heavy atom. The van der Waals surface area contributed by atoms with Gasteiger partial charge in [0.1, 0.15) is 11.5 Å². The van der Waals surface area contributed by atoms with Gasteiger partial charge in [0.05, 0.1) is 18.9 Å². The molecule has 5 heteroatoms. The van der Waals surface area contributed by atoms with E-state index in [0.717, 1.165) is 46.8 Å². The number of fused-ring (bicyclic) bond motifs is 2. The van der Waals surface area contributed by atoms with Gasteiger partial charge in [0.2, 0.25) is 0 Å². The van der Waals surface area contributed by atoms with Gasteiger partial charge >= 0.3 is 6.03 Å².